The van der Waals surface area contributed by atoms with Crippen LogP contribution in [0.3, 0.4) is 0 Å². The summed E-state index contributed by atoms with van der Waals surface area (Å²) in [5, 5.41) is 18.6. The highest BCUT2D eigenvalue weighted by Gasteiger charge is 2.36. The van der Waals surface area contributed by atoms with Crippen LogP contribution in [0, 0.1) is 5.41 Å². The summed E-state index contributed by atoms with van der Waals surface area (Å²) in [4.78, 5) is 22.6. The van der Waals surface area contributed by atoms with Crippen LogP contribution in [-0.2, 0) is 9.59 Å². The van der Waals surface area contributed by atoms with Gasteiger partial charge in [0.05, 0.1) is 5.41 Å². The minimum Gasteiger partial charge on any atom is -0.481 e. The first-order valence-corrected chi connectivity index (χ1v) is 9.52. The van der Waals surface area contributed by atoms with Gasteiger partial charge in [-0.05, 0) is 25.7 Å². The Morgan fingerprint density at radius 2 is 1.13 bits per heavy atom. The lowest BCUT2D eigenvalue weighted by molar-refractivity contribution is -0.150. The molecule has 1 rings (SSSR count). The van der Waals surface area contributed by atoms with E-state index in [1.807, 2.05) is 0 Å². The lowest BCUT2D eigenvalue weighted by Crippen LogP contribution is -2.31. The molecule has 0 spiro atoms. The summed E-state index contributed by atoms with van der Waals surface area (Å²) in [5.41, 5.74) is -0.618. The molecule has 0 aromatic carbocycles. The first-order chi connectivity index (χ1) is 11.1. The molecular weight excluding hydrogens is 292 g/mol. The molecule has 1 fully saturated rings. The summed E-state index contributed by atoms with van der Waals surface area (Å²) in [6, 6.07) is 0. The Bertz CT molecular complexity index is 337. The molecular formula is C19H34O4. The van der Waals surface area contributed by atoms with Gasteiger partial charge in [0.15, 0.2) is 0 Å². The van der Waals surface area contributed by atoms with Gasteiger partial charge in [-0.1, -0.05) is 70.6 Å². The molecule has 0 bridgehead atoms. The van der Waals surface area contributed by atoms with Crippen LogP contribution in [0.4, 0.5) is 0 Å². The van der Waals surface area contributed by atoms with E-state index < -0.39 is 17.4 Å². The van der Waals surface area contributed by atoms with Crippen LogP contribution in [0.25, 0.3) is 0 Å². The first kappa shape index (κ1) is 20.0. The fourth-order valence-corrected chi connectivity index (χ4v) is 3.78. The number of carbonyl (C=O) groups is 2. The van der Waals surface area contributed by atoms with Crippen LogP contribution < -0.4 is 0 Å². The maximum absolute atomic E-state index is 12.0. The summed E-state index contributed by atoms with van der Waals surface area (Å²) < 4.78 is 0. The maximum atomic E-state index is 12.0. The van der Waals surface area contributed by atoms with Gasteiger partial charge < -0.3 is 10.2 Å². The molecule has 0 atom stereocenters. The van der Waals surface area contributed by atoms with Gasteiger partial charge in [0.1, 0.15) is 0 Å². The summed E-state index contributed by atoms with van der Waals surface area (Å²) in [7, 11) is 0. The highest BCUT2D eigenvalue weighted by Crippen LogP contribution is 2.38. The molecule has 0 aromatic rings. The molecule has 4 heteroatoms. The molecule has 1 saturated carbocycles. The number of carboxylic acids is 2. The highest BCUT2D eigenvalue weighted by molar-refractivity contribution is 5.74. The average Bonchev–Trinajstić information content (AvgIpc) is 2.52. The van der Waals surface area contributed by atoms with E-state index in [2.05, 4.69) is 0 Å². The van der Waals surface area contributed by atoms with E-state index >= 15 is 0 Å². The number of hydrogen-bond donors (Lipinski definition) is 2. The molecule has 2 N–H and O–H groups in total. The second kappa shape index (κ2) is 11.5. The number of carboxylic acid groups (broad SMARTS) is 2. The van der Waals surface area contributed by atoms with Crippen molar-refractivity contribution in [3.05, 3.63) is 0 Å². The van der Waals surface area contributed by atoms with Gasteiger partial charge in [0, 0.05) is 6.42 Å². The summed E-state index contributed by atoms with van der Waals surface area (Å²) in [6.07, 6.45) is 15.5. The van der Waals surface area contributed by atoms with Crippen LogP contribution in [0.5, 0.6) is 0 Å². The van der Waals surface area contributed by atoms with Crippen molar-refractivity contribution >= 4 is 11.9 Å². The van der Waals surface area contributed by atoms with Crippen LogP contribution in [0.15, 0.2) is 0 Å². The Balaban J connectivity index is 2.59. The van der Waals surface area contributed by atoms with E-state index in [1.54, 1.807) is 0 Å². The zero-order valence-corrected chi connectivity index (χ0v) is 14.5. The lowest BCUT2D eigenvalue weighted by atomic mass is 9.74. The van der Waals surface area contributed by atoms with Gasteiger partial charge in [-0.2, -0.15) is 0 Å². The van der Waals surface area contributed by atoms with Gasteiger partial charge in [-0.25, -0.2) is 0 Å². The van der Waals surface area contributed by atoms with E-state index in [1.165, 1.54) is 38.5 Å². The minimum absolute atomic E-state index is 0.149. The van der Waals surface area contributed by atoms with Crippen molar-refractivity contribution in [1.82, 2.24) is 0 Å². The van der Waals surface area contributed by atoms with Gasteiger partial charge in [0.2, 0.25) is 0 Å². The fourth-order valence-electron chi connectivity index (χ4n) is 3.78. The molecule has 0 aliphatic heterocycles. The molecule has 0 saturated heterocycles. The number of rotatable bonds is 6. The molecule has 0 unspecified atom stereocenters. The third kappa shape index (κ3) is 8.38. The van der Waals surface area contributed by atoms with Crippen LogP contribution in [0.1, 0.15) is 103 Å². The monoisotopic (exact) mass is 326 g/mol. The summed E-state index contributed by atoms with van der Waals surface area (Å²) >= 11 is 0. The molecule has 0 radical (unpaired) electrons. The second-order valence-corrected chi connectivity index (χ2v) is 7.22. The predicted molar refractivity (Wildman–Crippen MR) is 91.6 cm³/mol. The number of aliphatic carboxylic acids is 2. The van der Waals surface area contributed by atoms with Crippen molar-refractivity contribution in [1.29, 1.82) is 0 Å². The minimum atomic E-state index is -0.788. The zero-order valence-electron chi connectivity index (χ0n) is 14.5. The van der Waals surface area contributed by atoms with Crippen molar-refractivity contribution in [2.24, 2.45) is 5.41 Å². The van der Waals surface area contributed by atoms with Crippen molar-refractivity contribution in [3.63, 3.8) is 0 Å². The van der Waals surface area contributed by atoms with Crippen molar-refractivity contribution < 1.29 is 19.8 Å². The Hall–Kier alpha value is -1.06. The third-order valence-electron chi connectivity index (χ3n) is 5.31. The number of unbranched alkanes of at least 4 members (excludes halogenated alkanes) is 1. The van der Waals surface area contributed by atoms with Gasteiger partial charge in [-0.15, -0.1) is 0 Å². The lowest BCUT2D eigenvalue weighted by Gasteiger charge is -2.30. The standard InChI is InChI=1S/C19H34O4/c20-17(21)13-9-12-16-19(18(22)23)14-10-7-5-3-1-2-4-6-8-11-15-19/h1-16H2,(H,20,21)(H,22,23). The van der Waals surface area contributed by atoms with Crippen molar-refractivity contribution in [2.45, 2.75) is 103 Å². The predicted octanol–water partition coefficient (Wildman–Crippen LogP) is 5.40. The van der Waals surface area contributed by atoms with Crippen LogP contribution in [0.2, 0.25) is 0 Å². The normalized spacial score (nSPS) is 20.7. The number of hydrogen-bond acceptors (Lipinski definition) is 2. The van der Waals surface area contributed by atoms with Crippen LogP contribution in [-0.4, -0.2) is 22.2 Å². The second-order valence-electron chi connectivity index (χ2n) is 7.22. The summed E-state index contributed by atoms with van der Waals surface area (Å²) in [6.45, 7) is 0. The van der Waals surface area contributed by atoms with Crippen molar-refractivity contribution in [3.8, 4) is 0 Å². The topological polar surface area (TPSA) is 74.6 Å². The van der Waals surface area contributed by atoms with E-state index in [-0.39, 0.29) is 6.42 Å². The molecule has 1 aliphatic carbocycles. The van der Waals surface area contributed by atoms with Crippen LogP contribution >= 0.6 is 0 Å². The molecule has 4 nitrogen and oxygen atoms in total. The van der Waals surface area contributed by atoms with E-state index in [0.717, 1.165) is 38.5 Å². The zero-order chi connectivity index (χ0) is 17.0. The average molecular weight is 326 g/mol. The Kier molecular flexibility index (Phi) is 9.97. The molecule has 23 heavy (non-hydrogen) atoms. The smallest absolute Gasteiger partial charge is 0.309 e. The molecule has 1 aliphatic rings. The van der Waals surface area contributed by atoms with Gasteiger partial charge in [0.25, 0.3) is 0 Å². The van der Waals surface area contributed by atoms with Gasteiger partial charge in [-0.3, -0.25) is 9.59 Å². The Morgan fingerprint density at radius 1 is 0.696 bits per heavy atom. The Labute approximate surface area is 140 Å². The third-order valence-corrected chi connectivity index (χ3v) is 5.31. The largest absolute Gasteiger partial charge is 0.481 e. The molecule has 134 valence electrons. The Morgan fingerprint density at radius 3 is 1.52 bits per heavy atom. The van der Waals surface area contributed by atoms with Gasteiger partial charge >= 0.3 is 11.9 Å². The van der Waals surface area contributed by atoms with E-state index in [9.17, 15) is 14.7 Å². The fraction of sp³-hybridized carbons (Fsp3) is 0.895. The van der Waals surface area contributed by atoms with E-state index in [4.69, 9.17) is 5.11 Å². The highest BCUT2D eigenvalue weighted by atomic mass is 16.4. The molecule has 0 heterocycles. The molecule has 0 aromatic heterocycles. The maximum Gasteiger partial charge on any atom is 0.309 e. The van der Waals surface area contributed by atoms with Crippen molar-refractivity contribution in [2.75, 3.05) is 0 Å². The quantitative estimate of drug-likeness (QED) is 0.641. The first-order valence-electron chi connectivity index (χ1n) is 9.52. The SMILES string of the molecule is O=C(O)CCCCC1(C(=O)O)CCCCCCCCCCCC1. The van der Waals surface area contributed by atoms with E-state index in [0.29, 0.717) is 19.3 Å². The summed E-state index contributed by atoms with van der Waals surface area (Å²) in [5.74, 6) is -1.45. The molecule has 0 amide bonds.